The van der Waals surface area contributed by atoms with Crippen molar-refractivity contribution in [3.8, 4) is 5.75 Å². The van der Waals surface area contributed by atoms with E-state index >= 15 is 0 Å². The Morgan fingerprint density at radius 3 is 2.53 bits per heavy atom. The Morgan fingerprint density at radius 2 is 1.82 bits per heavy atom. The number of benzene rings is 1. The van der Waals surface area contributed by atoms with Crippen molar-refractivity contribution >= 4 is 11.8 Å². The molecule has 0 spiro atoms. The third-order valence-corrected chi connectivity index (χ3v) is 2.94. The van der Waals surface area contributed by atoms with Crippen molar-refractivity contribution in [1.82, 2.24) is 4.90 Å². The van der Waals surface area contributed by atoms with Crippen molar-refractivity contribution < 1.29 is 14.7 Å². The minimum atomic E-state index is -0.294. The van der Waals surface area contributed by atoms with Gasteiger partial charge < -0.3 is 5.11 Å². The number of hydrogen-bond acceptors (Lipinski definition) is 3. The molecule has 2 amide bonds. The summed E-state index contributed by atoms with van der Waals surface area (Å²) in [6.07, 6.45) is 2.87. The highest BCUT2D eigenvalue weighted by Crippen LogP contribution is 2.26. The van der Waals surface area contributed by atoms with E-state index in [2.05, 4.69) is 6.92 Å². The third-order valence-electron chi connectivity index (χ3n) is 2.94. The van der Waals surface area contributed by atoms with Crippen molar-refractivity contribution in [1.29, 1.82) is 0 Å². The number of aromatic hydroxyl groups is 1. The van der Waals surface area contributed by atoms with Gasteiger partial charge in [-0.2, -0.15) is 0 Å². The summed E-state index contributed by atoms with van der Waals surface area (Å²) in [5.74, 6) is -0.529. The van der Waals surface area contributed by atoms with Crippen molar-refractivity contribution in [2.24, 2.45) is 0 Å². The van der Waals surface area contributed by atoms with Gasteiger partial charge in [0.1, 0.15) is 5.75 Å². The van der Waals surface area contributed by atoms with Gasteiger partial charge in [0.05, 0.1) is 11.1 Å². The Hall–Kier alpha value is -1.84. The van der Waals surface area contributed by atoms with Crippen LogP contribution in [-0.2, 0) is 0 Å². The second-order valence-electron chi connectivity index (χ2n) is 4.20. The number of carbonyl (C=O) groups is 2. The van der Waals surface area contributed by atoms with Crippen LogP contribution in [0.1, 0.15) is 46.9 Å². The third kappa shape index (κ3) is 2.02. The zero-order chi connectivity index (χ0) is 12.4. The maximum atomic E-state index is 11.9. The lowest BCUT2D eigenvalue weighted by atomic mass is 10.1. The van der Waals surface area contributed by atoms with E-state index in [-0.39, 0.29) is 17.6 Å². The lowest BCUT2D eigenvalue weighted by molar-refractivity contribution is 0.0651. The fourth-order valence-electron chi connectivity index (χ4n) is 2.00. The van der Waals surface area contributed by atoms with Crippen LogP contribution in [0.2, 0.25) is 0 Å². The minimum Gasteiger partial charge on any atom is -0.508 e. The average Bonchev–Trinajstić information content (AvgIpc) is 2.54. The molecule has 1 aliphatic heterocycles. The quantitative estimate of drug-likeness (QED) is 0.640. The number of phenols is 1. The number of hydrogen-bond donors (Lipinski definition) is 1. The Bertz CT molecular complexity index is 468. The molecule has 4 nitrogen and oxygen atoms in total. The van der Waals surface area contributed by atoms with Gasteiger partial charge in [0.15, 0.2) is 0 Å². The van der Waals surface area contributed by atoms with E-state index in [0.717, 1.165) is 19.3 Å². The zero-order valence-corrected chi connectivity index (χ0v) is 9.77. The van der Waals surface area contributed by atoms with Crippen LogP contribution in [0, 0.1) is 0 Å². The van der Waals surface area contributed by atoms with Gasteiger partial charge in [0.25, 0.3) is 11.8 Å². The zero-order valence-electron chi connectivity index (χ0n) is 9.77. The largest absolute Gasteiger partial charge is 0.508 e. The van der Waals surface area contributed by atoms with E-state index in [1.54, 1.807) is 0 Å². The minimum absolute atomic E-state index is 0.0142. The van der Waals surface area contributed by atoms with Crippen LogP contribution in [-0.4, -0.2) is 28.4 Å². The Morgan fingerprint density at radius 1 is 1.12 bits per heavy atom. The number of nitrogens with zero attached hydrogens (tertiary/aromatic N) is 1. The van der Waals surface area contributed by atoms with Crippen LogP contribution >= 0.6 is 0 Å². The molecule has 0 radical (unpaired) electrons. The normalized spacial score (nSPS) is 14.3. The molecule has 1 aromatic rings. The van der Waals surface area contributed by atoms with E-state index in [4.69, 9.17) is 0 Å². The first-order valence-corrected chi connectivity index (χ1v) is 5.84. The van der Waals surface area contributed by atoms with E-state index in [0.29, 0.717) is 17.7 Å². The summed E-state index contributed by atoms with van der Waals surface area (Å²) in [4.78, 5) is 25.1. The summed E-state index contributed by atoms with van der Waals surface area (Å²) in [6, 6.07) is 4.29. The molecule has 90 valence electrons. The predicted octanol–water partition coefficient (Wildman–Crippen LogP) is 2.18. The van der Waals surface area contributed by atoms with Crippen molar-refractivity contribution in [2.75, 3.05) is 6.54 Å². The number of imide groups is 1. The van der Waals surface area contributed by atoms with Gasteiger partial charge in [0.2, 0.25) is 0 Å². The van der Waals surface area contributed by atoms with Gasteiger partial charge in [-0.15, -0.1) is 0 Å². The molecule has 1 heterocycles. The summed E-state index contributed by atoms with van der Waals surface area (Å²) in [7, 11) is 0. The molecule has 4 heteroatoms. The lowest BCUT2D eigenvalue weighted by Gasteiger charge is -2.12. The van der Waals surface area contributed by atoms with Crippen LogP contribution in [0.25, 0.3) is 0 Å². The molecule has 0 fully saturated rings. The summed E-state index contributed by atoms with van der Waals surface area (Å²) in [6.45, 7) is 2.53. The fourth-order valence-corrected chi connectivity index (χ4v) is 2.00. The molecule has 2 rings (SSSR count). The molecule has 0 unspecified atom stereocenters. The van der Waals surface area contributed by atoms with Gasteiger partial charge in [0, 0.05) is 6.54 Å². The van der Waals surface area contributed by atoms with Crippen molar-refractivity contribution in [2.45, 2.75) is 26.2 Å². The second kappa shape index (κ2) is 4.57. The number of carbonyl (C=O) groups excluding carboxylic acids is 2. The van der Waals surface area contributed by atoms with Crippen molar-refractivity contribution in [3.63, 3.8) is 0 Å². The maximum Gasteiger partial charge on any atom is 0.261 e. The highest BCUT2D eigenvalue weighted by Gasteiger charge is 2.34. The molecular formula is C13H15NO3. The maximum absolute atomic E-state index is 11.9. The summed E-state index contributed by atoms with van der Waals surface area (Å²) < 4.78 is 0. The molecule has 1 aliphatic rings. The highest BCUT2D eigenvalue weighted by atomic mass is 16.3. The van der Waals surface area contributed by atoms with Crippen LogP contribution < -0.4 is 0 Å². The summed E-state index contributed by atoms with van der Waals surface area (Å²) in [5.41, 5.74) is 0.704. The number of rotatable bonds is 4. The molecule has 0 bridgehead atoms. The Labute approximate surface area is 99.9 Å². The number of phenolic OH excluding ortho intramolecular Hbond substituents is 1. The number of unbranched alkanes of at least 4 members (excludes halogenated alkanes) is 2. The highest BCUT2D eigenvalue weighted by molar-refractivity contribution is 6.21. The molecule has 1 aromatic carbocycles. The van der Waals surface area contributed by atoms with E-state index in [1.807, 2.05) is 0 Å². The molecule has 17 heavy (non-hydrogen) atoms. The second-order valence-corrected chi connectivity index (χ2v) is 4.20. The van der Waals surface area contributed by atoms with E-state index in [1.165, 1.54) is 23.1 Å². The molecule has 1 N–H and O–H groups in total. The number of amides is 2. The number of fused-ring (bicyclic) bond motifs is 1. The van der Waals surface area contributed by atoms with E-state index < -0.39 is 0 Å². The van der Waals surface area contributed by atoms with Gasteiger partial charge in [-0.1, -0.05) is 19.8 Å². The first-order valence-electron chi connectivity index (χ1n) is 5.84. The van der Waals surface area contributed by atoms with Gasteiger partial charge >= 0.3 is 0 Å². The lowest BCUT2D eigenvalue weighted by Crippen LogP contribution is -2.30. The standard InChI is InChI=1S/C13H15NO3/c1-2-3-4-7-14-12(16)10-6-5-9(15)8-11(10)13(14)17/h5-6,8,15H,2-4,7H2,1H3. The molecule has 0 aliphatic carbocycles. The summed E-state index contributed by atoms with van der Waals surface area (Å²) >= 11 is 0. The van der Waals surface area contributed by atoms with Gasteiger partial charge in [-0.05, 0) is 24.6 Å². The SMILES string of the molecule is CCCCCN1C(=O)c2ccc(O)cc2C1=O. The van der Waals surface area contributed by atoms with Crippen LogP contribution in [0.5, 0.6) is 5.75 Å². The molecule has 0 saturated heterocycles. The molecular weight excluding hydrogens is 218 g/mol. The summed E-state index contributed by atoms with van der Waals surface area (Å²) in [5, 5.41) is 9.32. The van der Waals surface area contributed by atoms with Gasteiger partial charge in [-0.25, -0.2) is 0 Å². The first-order chi connectivity index (χ1) is 8.15. The molecule has 0 aromatic heterocycles. The smallest absolute Gasteiger partial charge is 0.261 e. The fraction of sp³-hybridized carbons (Fsp3) is 0.385. The first kappa shape index (κ1) is 11.6. The average molecular weight is 233 g/mol. The van der Waals surface area contributed by atoms with Crippen LogP contribution in [0.15, 0.2) is 18.2 Å². The van der Waals surface area contributed by atoms with Crippen LogP contribution in [0.4, 0.5) is 0 Å². The Balaban J connectivity index is 2.20. The predicted molar refractivity (Wildman–Crippen MR) is 63.0 cm³/mol. The molecule has 0 saturated carbocycles. The Kier molecular flexibility index (Phi) is 3.13. The van der Waals surface area contributed by atoms with E-state index in [9.17, 15) is 14.7 Å². The molecule has 0 atom stereocenters. The van der Waals surface area contributed by atoms with Crippen molar-refractivity contribution in [3.05, 3.63) is 29.3 Å². The topological polar surface area (TPSA) is 57.6 Å². The van der Waals surface area contributed by atoms with Gasteiger partial charge in [-0.3, -0.25) is 14.5 Å². The van der Waals surface area contributed by atoms with Crippen LogP contribution in [0.3, 0.4) is 0 Å². The monoisotopic (exact) mass is 233 g/mol.